The fraction of sp³-hybridized carbons (Fsp3) is 1.00. The Kier molecular flexibility index (Phi) is 6.18. The summed E-state index contributed by atoms with van der Waals surface area (Å²) in [6.07, 6.45) is -0.887. The van der Waals surface area contributed by atoms with Crippen molar-refractivity contribution in [3.8, 4) is 0 Å². The zero-order valence-electron chi connectivity index (χ0n) is 9.83. The van der Waals surface area contributed by atoms with E-state index in [1.807, 2.05) is 13.8 Å². The van der Waals surface area contributed by atoms with E-state index in [9.17, 15) is 0 Å². The fourth-order valence-corrected chi connectivity index (χ4v) is 1.53. The molecule has 0 aromatic rings. The third-order valence-electron chi connectivity index (χ3n) is 2.34. The van der Waals surface area contributed by atoms with Crippen molar-refractivity contribution in [1.29, 1.82) is 0 Å². The van der Waals surface area contributed by atoms with Gasteiger partial charge in [0, 0.05) is 13.1 Å². The maximum atomic E-state index is 8.91. The summed E-state index contributed by atoms with van der Waals surface area (Å²) in [7, 11) is 0. The Morgan fingerprint density at radius 2 is 2.25 bits per heavy atom. The molecule has 2 N–H and O–H groups in total. The molecule has 0 bridgehead atoms. The maximum absolute atomic E-state index is 8.91. The van der Waals surface area contributed by atoms with Crippen LogP contribution in [0.15, 0.2) is 0 Å². The summed E-state index contributed by atoms with van der Waals surface area (Å²) in [6.45, 7) is 5.83. The molecular weight excluding hydrogens is 214 g/mol. The van der Waals surface area contributed by atoms with Crippen LogP contribution < -0.4 is 0 Å². The Hall–Kier alpha value is -0.240. The minimum absolute atomic E-state index is 0.000192. The van der Waals surface area contributed by atoms with E-state index in [0.717, 1.165) is 13.1 Å². The van der Waals surface area contributed by atoms with E-state index in [0.29, 0.717) is 6.73 Å². The van der Waals surface area contributed by atoms with Crippen LogP contribution >= 0.6 is 0 Å². The first-order valence-corrected chi connectivity index (χ1v) is 5.48. The molecule has 96 valence electrons. The van der Waals surface area contributed by atoms with E-state index in [1.165, 1.54) is 0 Å². The molecule has 1 aliphatic rings. The second-order valence-corrected chi connectivity index (χ2v) is 4.04. The standard InChI is InChI=1S/C10H21NO5/c1-8-3-11(6-14-8)4-9(2)15-7-16-10(13)5-12/h8-10,12-13H,3-7H2,1-2H3. The molecule has 0 aromatic heterocycles. The van der Waals surface area contributed by atoms with Gasteiger partial charge < -0.3 is 24.4 Å². The highest BCUT2D eigenvalue weighted by atomic mass is 16.7. The highest BCUT2D eigenvalue weighted by molar-refractivity contribution is 4.68. The van der Waals surface area contributed by atoms with Crippen molar-refractivity contribution in [3.05, 3.63) is 0 Å². The Bertz CT molecular complexity index is 192. The number of nitrogens with zero attached hydrogens (tertiary/aromatic N) is 1. The normalized spacial score (nSPS) is 25.9. The lowest BCUT2D eigenvalue weighted by atomic mass is 10.3. The van der Waals surface area contributed by atoms with Gasteiger partial charge in [-0.2, -0.15) is 0 Å². The number of aliphatic hydroxyl groups excluding tert-OH is 2. The molecule has 0 amide bonds. The van der Waals surface area contributed by atoms with Crippen LogP contribution in [0.2, 0.25) is 0 Å². The molecular formula is C10H21NO5. The van der Waals surface area contributed by atoms with Gasteiger partial charge in [-0.3, -0.25) is 4.90 Å². The molecule has 3 atom stereocenters. The first-order chi connectivity index (χ1) is 7.61. The van der Waals surface area contributed by atoms with Gasteiger partial charge in [-0.05, 0) is 13.8 Å². The van der Waals surface area contributed by atoms with Crippen LogP contribution in [0.3, 0.4) is 0 Å². The van der Waals surface area contributed by atoms with Gasteiger partial charge in [-0.25, -0.2) is 0 Å². The van der Waals surface area contributed by atoms with Crippen LogP contribution in [0.25, 0.3) is 0 Å². The van der Waals surface area contributed by atoms with E-state index in [4.69, 9.17) is 24.4 Å². The molecule has 0 radical (unpaired) electrons. The number of hydrogen-bond donors (Lipinski definition) is 2. The predicted molar refractivity (Wildman–Crippen MR) is 56.6 cm³/mol. The largest absolute Gasteiger partial charge is 0.391 e. The lowest BCUT2D eigenvalue weighted by molar-refractivity contribution is -0.195. The number of rotatable bonds is 7. The number of ether oxygens (including phenoxy) is 3. The monoisotopic (exact) mass is 235 g/mol. The third kappa shape index (κ3) is 5.20. The lowest BCUT2D eigenvalue weighted by Gasteiger charge is -2.20. The molecule has 0 aliphatic carbocycles. The van der Waals surface area contributed by atoms with Gasteiger partial charge in [0.1, 0.15) is 6.79 Å². The SMILES string of the molecule is CC(CN1COC(C)C1)OCOC(O)CO. The first-order valence-electron chi connectivity index (χ1n) is 5.48. The zero-order valence-corrected chi connectivity index (χ0v) is 9.83. The van der Waals surface area contributed by atoms with E-state index in [2.05, 4.69) is 4.90 Å². The summed E-state index contributed by atoms with van der Waals surface area (Å²) in [5.74, 6) is 0. The van der Waals surface area contributed by atoms with Crippen molar-refractivity contribution < 1.29 is 24.4 Å². The zero-order chi connectivity index (χ0) is 12.0. The van der Waals surface area contributed by atoms with E-state index in [1.54, 1.807) is 0 Å². The Balaban J connectivity index is 2.04. The molecule has 0 saturated carbocycles. The van der Waals surface area contributed by atoms with E-state index in [-0.39, 0.29) is 19.0 Å². The summed E-state index contributed by atoms with van der Waals surface area (Å²) in [6, 6.07) is 0. The minimum atomic E-state index is -1.16. The van der Waals surface area contributed by atoms with Gasteiger partial charge >= 0.3 is 0 Å². The topological polar surface area (TPSA) is 71.4 Å². The molecule has 16 heavy (non-hydrogen) atoms. The van der Waals surface area contributed by atoms with Gasteiger partial charge in [0.05, 0.1) is 25.5 Å². The van der Waals surface area contributed by atoms with Crippen LogP contribution in [-0.4, -0.2) is 66.8 Å². The van der Waals surface area contributed by atoms with Crippen molar-refractivity contribution in [2.75, 3.05) is 33.2 Å². The molecule has 1 heterocycles. The summed E-state index contributed by atoms with van der Waals surface area (Å²) in [5.41, 5.74) is 0. The first kappa shape index (κ1) is 13.8. The molecule has 1 aliphatic heterocycles. The van der Waals surface area contributed by atoms with Gasteiger partial charge in [-0.15, -0.1) is 0 Å². The van der Waals surface area contributed by atoms with Gasteiger partial charge in [-0.1, -0.05) is 0 Å². The minimum Gasteiger partial charge on any atom is -0.391 e. The Morgan fingerprint density at radius 3 is 2.81 bits per heavy atom. The highest BCUT2D eigenvalue weighted by Crippen LogP contribution is 2.08. The van der Waals surface area contributed by atoms with Crippen molar-refractivity contribution in [3.63, 3.8) is 0 Å². The second-order valence-electron chi connectivity index (χ2n) is 4.04. The van der Waals surface area contributed by atoms with Crippen LogP contribution in [-0.2, 0) is 14.2 Å². The molecule has 6 nitrogen and oxygen atoms in total. The van der Waals surface area contributed by atoms with E-state index >= 15 is 0 Å². The lowest BCUT2D eigenvalue weighted by Crippen LogP contribution is -2.32. The molecule has 0 aromatic carbocycles. The summed E-state index contributed by atoms with van der Waals surface area (Å²) in [5, 5.41) is 17.4. The van der Waals surface area contributed by atoms with Crippen LogP contribution in [0.4, 0.5) is 0 Å². The van der Waals surface area contributed by atoms with Crippen molar-refractivity contribution in [2.45, 2.75) is 32.3 Å². The van der Waals surface area contributed by atoms with Gasteiger partial charge in [0.25, 0.3) is 0 Å². The van der Waals surface area contributed by atoms with Crippen LogP contribution in [0.5, 0.6) is 0 Å². The number of aliphatic hydroxyl groups is 2. The highest BCUT2D eigenvalue weighted by Gasteiger charge is 2.20. The molecule has 6 heteroatoms. The fourth-order valence-electron chi connectivity index (χ4n) is 1.53. The van der Waals surface area contributed by atoms with Gasteiger partial charge in [0.2, 0.25) is 0 Å². The Morgan fingerprint density at radius 1 is 1.50 bits per heavy atom. The summed E-state index contributed by atoms with van der Waals surface area (Å²) in [4.78, 5) is 2.15. The maximum Gasteiger partial charge on any atom is 0.180 e. The van der Waals surface area contributed by atoms with Gasteiger partial charge in [0.15, 0.2) is 6.29 Å². The summed E-state index contributed by atoms with van der Waals surface area (Å²) < 4.78 is 15.5. The number of hydrogen-bond acceptors (Lipinski definition) is 6. The predicted octanol–water partition coefficient (Wildman–Crippen LogP) is -0.645. The van der Waals surface area contributed by atoms with Crippen LogP contribution in [0, 0.1) is 0 Å². The average Bonchev–Trinajstić information content (AvgIpc) is 2.63. The quantitative estimate of drug-likeness (QED) is 0.572. The average molecular weight is 235 g/mol. The molecule has 3 unspecified atom stereocenters. The van der Waals surface area contributed by atoms with Crippen molar-refractivity contribution in [2.24, 2.45) is 0 Å². The molecule has 1 saturated heterocycles. The third-order valence-corrected chi connectivity index (χ3v) is 2.34. The van der Waals surface area contributed by atoms with Crippen molar-refractivity contribution >= 4 is 0 Å². The van der Waals surface area contributed by atoms with Crippen molar-refractivity contribution in [1.82, 2.24) is 4.90 Å². The molecule has 0 spiro atoms. The molecule has 1 fully saturated rings. The molecule has 1 rings (SSSR count). The summed E-state index contributed by atoms with van der Waals surface area (Å²) >= 11 is 0. The second kappa shape index (κ2) is 7.16. The Labute approximate surface area is 95.7 Å². The smallest absolute Gasteiger partial charge is 0.180 e. The van der Waals surface area contributed by atoms with Crippen LogP contribution in [0.1, 0.15) is 13.8 Å². The van der Waals surface area contributed by atoms with E-state index < -0.39 is 12.9 Å².